The molecule has 0 spiro atoms. The smallest absolute Gasteiger partial charge is 0.255 e. The monoisotopic (exact) mass is 372 g/mol. The molecule has 0 aromatic carbocycles. The van der Waals surface area contributed by atoms with Gasteiger partial charge in [-0.1, -0.05) is 6.07 Å². The molecule has 7 nitrogen and oxygen atoms in total. The van der Waals surface area contributed by atoms with Gasteiger partial charge in [-0.2, -0.15) is 5.26 Å². The van der Waals surface area contributed by atoms with Crippen LogP contribution in [0.4, 0.5) is 0 Å². The van der Waals surface area contributed by atoms with E-state index >= 15 is 0 Å². The van der Waals surface area contributed by atoms with E-state index in [1.807, 2.05) is 41.6 Å². The number of carbonyl (C=O) groups excluding carboxylic acids is 1. The number of amides is 1. The summed E-state index contributed by atoms with van der Waals surface area (Å²) in [5.74, 6) is 1.12. The van der Waals surface area contributed by atoms with Crippen LogP contribution in [-0.2, 0) is 6.54 Å². The van der Waals surface area contributed by atoms with Gasteiger partial charge < -0.3 is 9.47 Å². The molecule has 1 saturated heterocycles. The highest BCUT2D eigenvalue weighted by Gasteiger charge is 2.28. The van der Waals surface area contributed by atoms with Crippen LogP contribution in [0.25, 0.3) is 0 Å². The molecule has 1 amide bonds. The second kappa shape index (κ2) is 8.01. The molecular formula is C21H20N6O. The van der Waals surface area contributed by atoms with E-state index in [0.29, 0.717) is 24.3 Å². The second-order valence-corrected chi connectivity index (χ2v) is 6.87. The van der Waals surface area contributed by atoms with Gasteiger partial charge in [-0.05, 0) is 37.1 Å². The number of nitrogens with zero attached hydrogens (tertiary/aromatic N) is 6. The number of piperidine rings is 1. The highest BCUT2D eigenvalue weighted by molar-refractivity contribution is 5.94. The summed E-state index contributed by atoms with van der Waals surface area (Å²) in [6.45, 7) is 2.01. The Labute approximate surface area is 163 Å². The Morgan fingerprint density at radius 1 is 1.18 bits per heavy atom. The fourth-order valence-electron chi connectivity index (χ4n) is 3.62. The maximum Gasteiger partial charge on any atom is 0.255 e. The van der Waals surface area contributed by atoms with Gasteiger partial charge in [0.25, 0.3) is 5.91 Å². The van der Waals surface area contributed by atoms with Crippen LogP contribution in [0.15, 0.2) is 55.1 Å². The first-order valence-electron chi connectivity index (χ1n) is 9.31. The third kappa shape index (κ3) is 3.76. The molecule has 4 rings (SSSR count). The van der Waals surface area contributed by atoms with Crippen molar-refractivity contribution >= 4 is 5.91 Å². The van der Waals surface area contributed by atoms with Crippen LogP contribution in [-0.4, -0.2) is 43.4 Å². The van der Waals surface area contributed by atoms with Crippen LogP contribution in [0.3, 0.4) is 0 Å². The van der Waals surface area contributed by atoms with Crippen molar-refractivity contribution in [2.75, 3.05) is 13.1 Å². The van der Waals surface area contributed by atoms with Gasteiger partial charge in [0.05, 0.1) is 17.8 Å². The number of nitriles is 1. The zero-order valence-electron chi connectivity index (χ0n) is 15.4. The van der Waals surface area contributed by atoms with Gasteiger partial charge in [0.1, 0.15) is 17.6 Å². The quantitative estimate of drug-likeness (QED) is 0.702. The number of likely N-dealkylation sites (tertiary alicyclic amines) is 1. The Bertz CT molecular complexity index is 990. The molecule has 0 aliphatic carbocycles. The van der Waals surface area contributed by atoms with Gasteiger partial charge in [-0.15, -0.1) is 0 Å². The Balaban J connectivity index is 1.49. The van der Waals surface area contributed by atoms with Gasteiger partial charge in [-0.25, -0.2) is 9.97 Å². The average Bonchev–Trinajstić information content (AvgIpc) is 3.22. The van der Waals surface area contributed by atoms with Gasteiger partial charge >= 0.3 is 0 Å². The number of hydrogen-bond donors (Lipinski definition) is 0. The molecule has 1 aliphatic heterocycles. The predicted octanol–water partition coefficient (Wildman–Crippen LogP) is 2.61. The van der Waals surface area contributed by atoms with E-state index < -0.39 is 0 Å². The van der Waals surface area contributed by atoms with E-state index in [1.165, 1.54) is 6.20 Å². The number of carbonyl (C=O) groups is 1. The highest BCUT2D eigenvalue weighted by atomic mass is 16.2. The van der Waals surface area contributed by atoms with Crippen molar-refractivity contribution in [3.05, 3.63) is 77.9 Å². The molecular weight excluding hydrogens is 352 g/mol. The molecule has 0 N–H and O–H groups in total. The fraction of sp³-hybridized carbons (Fsp3) is 0.286. The molecule has 1 aliphatic rings. The largest absolute Gasteiger partial charge is 0.338 e. The molecule has 3 aromatic heterocycles. The van der Waals surface area contributed by atoms with Crippen molar-refractivity contribution < 1.29 is 4.79 Å². The lowest BCUT2D eigenvalue weighted by molar-refractivity contribution is 0.0703. The zero-order chi connectivity index (χ0) is 19.3. The first kappa shape index (κ1) is 17.9. The van der Waals surface area contributed by atoms with E-state index in [2.05, 4.69) is 19.5 Å². The van der Waals surface area contributed by atoms with Crippen LogP contribution in [0.1, 0.15) is 46.3 Å². The summed E-state index contributed by atoms with van der Waals surface area (Å²) < 4.78 is 2.12. The molecule has 1 fully saturated rings. The molecule has 28 heavy (non-hydrogen) atoms. The van der Waals surface area contributed by atoms with Crippen molar-refractivity contribution in [2.45, 2.75) is 25.3 Å². The molecule has 3 aromatic rings. The number of pyridine rings is 2. The van der Waals surface area contributed by atoms with Crippen molar-refractivity contribution in [2.24, 2.45) is 0 Å². The van der Waals surface area contributed by atoms with Crippen molar-refractivity contribution in [3.8, 4) is 6.07 Å². The highest BCUT2D eigenvalue weighted by Crippen LogP contribution is 2.27. The van der Waals surface area contributed by atoms with E-state index in [4.69, 9.17) is 5.26 Å². The molecule has 1 atom stereocenters. The standard InChI is InChI=1S/C21H20N6O/c22-12-18-7-6-16(13-25-18)21(28)27-10-3-4-17(14-27)20-24-9-11-26(20)15-19-5-1-2-8-23-19/h1-2,5-9,11,13,17H,3-4,10,14-15H2. The molecule has 7 heteroatoms. The lowest BCUT2D eigenvalue weighted by Crippen LogP contribution is -2.39. The maximum absolute atomic E-state index is 12.9. The average molecular weight is 372 g/mol. The summed E-state index contributed by atoms with van der Waals surface area (Å²) in [5, 5.41) is 8.87. The maximum atomic E-state index is 12.9. The van der Waals surface area contributed by atoms with Crippen LogP contribution in [0.5, 0.6) is 0 Å². The molecule has 0 bridgehead atoms. The first-order valence-corrected chi connectivity index (χ1v) is 9.31. The summed E-state index contributed by atoms with van der Waals surface area (Å²) >= 11 is 0. The van der Waals surface area contributed by atoms with E-state index in [9.17, 15) is 4.79 Å². The van der Waals surface area contributed by atoms with E-state index in [-0.39, 0.29) is 11.8 Å². The van der Waals surface area contributed by atoms with Crippen LogP contribution in [0, 0.1) is 11.3 Å². The summed E-state index contributed by atoms with van der Waals surface area (Å²) in [6.07, 6.45) is 8.97. The minimum Gasteiger partial charge on any atom is -0.338 e. The van der Waals surface area contributed by atoms with Crippen molar-refractivity contribution in [1.29, 1.82) is 5.26 Å². The zero-order valence-corrected chi connectivity index (χ0v) is 15.4. The van der Waals surface area contributed by atoms with Crippen LogP contribution < -0.4 is 0 Å². The minimum atomic E-state index is -0.0514. The van der Waals surface area contributed by atoms with E-state index in [1.54, 1.807) is 18.3 Å². The summed E-state index contributed by atoms with van der Waals surface area (Å²) in [6, 6.07) is 11.1. The third-order valence-corrected chi connectivity index (χ3v) is 5.00. The van der Waals surface area contributed by atoms with E-state index in [0.717, 1.165) is 30.9 Å². The number of rotatable bonds is 4. The van der Waals surface area contributed by atoms with Gasteiger partial charge in [0.15, 0.2) is 0 Å². The summed E-state index contributed by atoms with van der Waals surface area (Å²) in [4.78, 5) is 27.7. The Morgan fingerprint density at radius 3 is 2.86 bits per heavy atom. The van der Waals surface area contributed by atoms with Crippen molar-refractivity contribution in [3.63, 3.8) is 0 Å². The topological polar surface area (TPSA) is 87.7 Å². The normalized spacial score (nSPS) is 16.5. The minimum absolute atomic E-state index is 0.0514. The Hall–Kier alpha value is -3.53. The lowest BCUT2D eigenvalue weighted by atomic mass is 9.96. The number of hydrogen-bond acceptors (Lipinski definition) is 5. The predicted molar refractivity (Wildman–Crippen MR) is 102 cm³/mol. The molecule has 0 saturated carbocycles. The van der Waals surface area contributed by atoms with Crippen molar-refractivity contribution in [1.82, 2.24) is 24.4 Å². The van der Waals surface area contributed by atoms with Gasteiger partial charge in [-0.3, -0.25) is 9.78 Å². The van der Waals surface area contributed by atoms with Crippen LogP contribution >= 0.6 is 0 Å². The molecule has 4 heterocycles. The summed E-state index contributed by atoms with van der Waals surface area (Å²) in [7, 11) is 0. The Kier molecular flexibility index (Phi) is 5.11. The molecule has 140 valence electrons. The fourth-order valence-corrected chi connectivity index (χ4v) is 3.62. The second-order valence-electron chi connectivity index (χ2n) is 6.87. The van der Waals surface area contributed by atoms with Gasteiger partial charge in [0, 0.05) is 43.8 Å². The lowest BCUT2D eigenvalue weighted by Gasteiger charge is -2.32. The summed E-state index contributed by atoms with van der Waals surface area (Å²) in [5.41, 5.74) is 1.80. The first-order chi connectivity index (χ1) is 13.7. The third-order valence-electron chi connectivity index (χ3n) is 5.00. The molecule has 0 radical (unpaired) electrons. The number of imidazole rings is 1. The van der Waals surface area contributed by atoms with Crippen LogP contribution in [0.2, 0.25) is 0 Å². The Morgan fingerprint density at radius 2 is 2.11 bits per heavy atom. The SMILES string of the molecule is N#Cc1ccc(C(=O)N2CCCC(c3nccn3Cc3ccccn3)C2)cn1. The molecule has 1 unspecified atom stereocenters. The number of aromatic nitrogens is 4. The van der Waals surface area contributed by atoms with Gasteiger partial charge in [0.2, 0.25) is 0 Å².